The van der Waals surface area contributed by atoms with Crippen LogP contribution in [0.3, 0.4) is 0 Å². The highest BCUT2D eigenvalue weighted by molar-refractivity contribution is 6.09. The first kappa shape index (κ1) is 18.3. The van der Waals surface area contributed by atoms with Crippen molar-refractivity contribution >= 4 is 28.9 Å². The number of aromatic amines is 1. The number of carbonyl (C=O) groups excluding carboxylic acids is 2. The number of H-pyrrole nitrogens is 1. The minimum absolute atomic E-state index is 0.113. The van der Waals surface area contributed by atoms with Gasteiger partial charge in [-0.3, -0.25) is 4.79 Å². The summed E-state index contributed by atoms with van der Waals surface area (Å²) in [6, 6.07) is 5.98. The van der Waals surface area contributed by atoms with E-state index in [1.807, 2.05) is 24.3 Å². The average Bonchev–Trinajstić information content (AvgIpc) is 3.12. The number of methoxy groups -OCH3 is 2. The van der Waals surface area contributed by atoms with Gasteiger partial charge in [-0.15, -0.1) is 0 Å². The van der Waals surface area contributed by atoms with Crippen LogP contribution in [0.5, 0.6) is 5.75 Å². The molecule has 146 valence electrons. The molecule has 2 aliphatic rings. The number of benzene rings is 1. The van der Waals surface area contributed by atoms with Gasteiger partial charge >= 0.3 is 5.97 Å². The minimum atomic E-state index is -0.580. The van der Waals surface area contributed by atoms with Gasteiger partial charge in [-0.05, 0) is 42.2 Å². The van der Waals surface area contributed by atoms with Crippen molar-refractivity contribution < 1.29 is 19.1 Å². The van der Waals surface area contributed by atoms with Crippen molar-refractivity contribution in [3.05, 3.63) is 46.7 Å². The first-order valence-corrected chi connectivity index (χ1v) is 9.55. The molecular formula is C22H24N2O4. The lowest BCUT2D eigenvalue weighted by atomic mass is 9.85. The van der Waals surface area contributed by atoms with E-state index in [9.17, 15) is 9.59 Å². The van der Waals surface area contributed by atoms with Crippen LogP contribution in [0.4, 0.5) is 0 Å². The lowest BCUT2D eigenvalue weighted by Crippen LogP contribution is -2.37. The number of fused-ring (bicyclic) bond motifs is 5. The summed E-state index contributed by atoms with van der Waals surface area (Å²) in [5.74, 6) is 0.386. The lowest BCUT2D eigenvalue weighted by Gasteiger charge is -2.39. The number of carbonyl (C=O) groups is 2. The Morgan fingerprint density at radius 2 is 2.18 bits per heavy atom. The molecule has 0 saturated carbocycles. The van der Waals surface area contributed by atoms with E-state index in [4.69, 9.17) is 9.47 Å². The molecule has 6 nitrogen and oxygen atoms in total. The molecule has 0 bridgehead atoms. The number of hydrogen-bond donors (Lipinski definition) is 1. The second kappa shape index (κ2) is 7.19. The largest absolute Gasteiger partial charge is 0.496 e. The Balaban J connectivity index is 1.94. The highest BCUT2D eigenvalue weighted by Gasteiger charge is 2.33. The van der Waals surface area contributed by atoms with Crippen LogP contribution >= 0.6 is 0 Å². The van der Waals surface area contributed by atoms with Crippen LogP contribution in [0.2, 0.25) is 0 Å². The summed E-state index contributed by atoms with van der Waals surface area (Å²) in [5, 5.41) is 1.10. The quantitative estimate of drug-likeness (QED) is 0.290. The van der Waals surface area contributed by atoms with Crippen LogP contribution < -0.4 is 4.74 Å². The SMILES string of the molecule is CC[C@@H]1CN2CCc3c([nH]c4cccc(OC)c34)C2=C/C1=C(/C=O)C(=O)OC. The molecule has 1 aromatic heterocycles. The van der Waals surface area contributed by atoms with Crippen LogP contribution in [-0.2, 0) is 20.7 Å². The standard InChI is InChI=1S/C22H24N2O4/c1-4-13-11-24-9-8-14-20-17(6-5-7-19(20)27-2)23-21(14)18(24)10-15(13)16(12-25)22(26)28-3/h5-7,10,12-13,23H,4,8-9,11H2,1-3H3/b16-15+/t13-/m1/s1. The number of nitrogens with one attached hydrogen (secondary N) is 1. The summed E-state index contributed by atoms with van der Waals surface area (Å²) in [5.41, 5.74) is 5.17. The molecule has 28 heavy (non-hydrogen) atoms. The fourth-order valence-electron chi connectivity index (χ4n) is 4.42. The van der Waals surface area contributed by atoms with Crippen LogP contribution in [0.1, 0.15) is 24.6 Å². The predicted molar refractivity (Wildman–Crippen MR) is 107 cm³/mol. The zero-order valence-corrected chi connectivity index (χ0v) is 16.4. The fraction of sp³-hybridized carbons (Fsp3) is 0.364. The number of allylic oxidation sites excluding steroid dienone is 1. The molecule has 0 spiro atoms. The Morgan fingerprint density at radius 1 is 1.36 bits per heavy atom. The first-order valence-electron chi connectivity index (χ1n) is 9.55. The normalized spacial score (nSPS) is 20.2. The Hall–Kier alpha value is -3.02. The van der Waals surface area contributed by atoms with Gasteiger partial charge in [-0.2, -0.15) is 0 Å². The lowest BCUT2D eigenvalue weighted by molar-refractivity contribution is -0.136. The van der Waals surface area contributed by atoms with Crippen molar-refractivity contribution in [3.63, 3.8) is 0 Å². The Kier molecular flexibility index (Phi) is 4.71. The maximum Gasteiger partial charge on any atom is 0.341 e. The van der Waals surface area contributed by atoms with E-state index in [0.717, 1.165) is 59.5 Å². The van der Waals surface area contributed by atoms with Crippen molar-refractivity contribution in [2.24, 2.45) is 5.92 Å². The molecule has 2 aliphatic heterocycles. The van der Waals surface area contributed by atoms with E-state index in [1.54, 1.807) is 7.11 Å². The molecule has 1 N–H and O–H groups in total. The summed E-state index contributed by atoms with van der Waals surface area (Å²) in [6.07, 6.45) is 4.37. The number of esters is 1. The van der Waals surface area contributed by atoms with E-state index < -0.39 is 5.97 Å². The molecule has 1 aromatic carbocycles. The molecule has 1 atom stereocenters. The maximum absolute atomic E-state index is 12.2. The monoisotopic (exact) mass is 380 g/mol. The predicted octanol–water partition coefficient (Wildman–Crippen LogP) is 3.08. The van der Waals surface area contributed by atoms with Gasteiger partial charge in [-0.1, -0.05) is 13.0 Å². The zero-order chi connectivity index (χ0) is 19.8. The summed E-state index contributed by atoms with van der Waals surface area (Å²) >= 11 is 0. The van der Waals surface area contributed by atoms with Gasteiger partial charge in [0.25, 0.3) is 0 Å². The van der Waals surface area contributed by atoms with Gasteiger partial charge in [0.15, 0.2) is 6.29 Å². The molecular weight excluding hydrogens is 356 g/mol. The Labute approximate surface area is 163 Å². The molecule has 0 fully saturated rings. The van der Waals surface area contributed by atoms with Crippen molar-refractivity contribution in [2.45, 2.75) is 19.8 Å². The first-order chi connectivity index (χ1) is 13.6. The second-order valence-corrected chi connectivity index (χ2v) is 7.17. The number of aldehydes is 1. The molecule has 0 radical (unpaired) electrons. The maximum atomic E-state index is 12.2. The summed E-state index contributed by atoms with van der Waals surface area (Å²) in [7, 11) is 2.99. The molecule has 0 aliphatic carbocycles. The number of aromatic nitrogens is 1. The van der Waals surface area contributed by atoms with Gasteiger partial charge < -0.3 is 19.4 Å². The summed E-state index contributed by atoms with van der Waals surface area (Å²) < 4.78 is 10.4. The van der Waals surface area contributed by atoms with Gasteiger partial charge in [0.1, 0.15) is 11.3 Å². The van der Waals surface area contributed by atoms with Crippen molar-refractivity contribution in [1.29, 1.82) is 0 Å². The highest BCUT2D eigenvalue weighted by Crippen LogP contribution is 2.42. The van der Waals surface area contributed by atoms with Gasteiger partial charge in [0.2, 0.25) is 0 Å². The van der Waals surface area contributed by atoms with Crippen LogP contribution in [0.25, 0.3) is 16.6 Å². The van der Waals surface area contributed by atoms with Gasteiger partial charge in [0, 0.05) is 29.9 Å². The molecule has 0 amide bonds. The molecule has 6 heteroatoms. The molecule has 4 rings (SSSR count). The van der Waals surface area contributed by atoms with Crippen LogP contribution in [-0.4, -0.2) is 49.4 Å². The molecule has 3 heterocycles. The van der Waals surface area contributed by atoms with E-state index in [1.165, 1.54) is 12.7 Å². The number of rotatable bonds is 4. The zero-order valence-electron chi connectivity index (χ0n) is 16.4. The van der Waals surface area contributed by atoms with Gasteiger partial charge in [0.05, 0.1) is 25.6 Å². The topological polar surface area (TPSA) is 71.6 Å². The Bertz CT molecular complexity index is 1010. The van der Waals surface area contributed by atoms with E-state index >= 15 is 0 Å². The fourth-order valence-corrected chi connectivity index (χ4v) is 4.42. The van der Waals surface area contributed by atoms with Crippen LogP contribution in [0, 0.1) is 5.92 Å². The van der Waals surface area contributed by atoms with E-state index in [2.05, 4.69) is 16.8 Å². The summed E-state index contributed by atoms with van der Waals surface area (Å²) in [6.45, 7) is 3.74. The van der Waals surface area contributed by atoms with Crippen molar-refractivity contribution in [3.8, 4) is 5.75 Å². The van der Waals surface area contributed by atoms with E-state index in [-0.39, 0.29) is 11.5 Å². The molecule has 0 saturated heterocycles. The number of nitrogens with zero attached hydrogens (tertiary/aromatic N) is 1. The summed E-state index contributed by atoms with van der Waals surface area (Å²) in [4.78, 5) is 29.7. The van der Waals surface area contributed by atoms with Crippen LogP contribution in [0.15, 0.2) is 35.4 Å². The van der Waals surface area contributed by atoms with Crippen molar-refractivity contribution in [2.75, 3.05) is 27.3 Å². The number of ether oxygens (including phenoxy) is 2. The highest BCUT2D eigenvalue weighted by atomic mass is 16.5. The third-order valence-corrected chi connectivity index (χ3v) is 5.84. The average molecular weight is 380 g/mol. The minimum Gasteiger partial charge on any atom is -0.496 e. The van der Waals surface area contributed by atoms with Gasteiger partial charge in [-0.25, -0.2) is 4.79 Å². The van der Waals surface area contributed by atoms with Crippen molar-refractivity contribution in [1.82, 2.24) is 9.88 Å². The number of hydrogen-bond acceptors (Lipinski definition) is 5. The van der Waals surface area contributed by atoms with E-state index in [0.29, 0.717) is 6.29 Å². The second-order valence-electron chi connectivity index (χ2n) is 7.17. The third-order valence-electron chi connectivity index (χ3n) is 5.84. The molecule has 2 aromatic rings. The Morgan fingerprint density at radius 3 is 2.86 bits per heavy atom. The third kappa shape index (κ3) is 2.71. The molecule has 0 unspecified atom stereocenters. The smallest absolute Gasteiger partial charge is 0.341 e.